The Balaban J connectivity index is 2.27. The van der Waals surface area contributed by atoms with Crippen molar-refractivity contribution in [3.05, 3.63) is 0 Å². The van der Waals surface area contributed by atoms with Gasteiger partial charge in [-0.3, -0.25) is 0 Å². The van der Waals surface area contributed by atoms with Crippen molar-refractivity contribution in [3.8, 4) is 0 Å². The van der Waals surface area contributed by atoms with E-state index in [-0.39, 0.29) is 6.04 Å². The number of rotatable bonds is 4. The molecule has 0 radical (unpaired) electrons. The van der Waals surface area contributed by atoms with Crippen LogP contribution < -0.4 is 11.1 Å². The molecule has 0 aliphatic carbocycles. The van der Waals surface area contributed by atoms with Gasteiger partial charge in [-0.2, -0.15) is 0 Å². The van der Waals surface area contributed by atoms with Crippen LogP contribution in [0.4, 0.5) is 4.79 Å². The molecule has 14 heavy (non-hydrogen) atoms. The molecule has 0 aromatic carbocycles. The fourth-order valence-electron chi connectivity index (χ4n) is 1.78. The molecule has 1 fully saturated rings. The lowest BCUT2D eigenvalue weighted by atomic mass is 9.94. The highest BCUT2D eigenvalue weighted by Crippen LogP contribution is 2.18. The van der Waals surface area contributed by atoms with Crippen molar-refractivity contribution < 1.29 is 14.6 Å². The Morgan fingerprint density at radius 2 is 2.50 bits per heavy atom. The number of carbonyl (C=O) groups is 1. The molecule has 2 atom stereocenters. The molecule has 0 bridgehead atoms. The number of amides is 1. The molecule has 5 heteroatoms. The minimum absolute atomic E-state index is 0.140. The molecular weight excluding hydrogens is 184 g/mol. The van der Waals surface area contributed by atoms with Crippen LogP contribution in [0.3, 0.4) is 0 Å². The van der Waals surface area contributed by atoms with Gasteiger partial charge in [-0.15, -0.1) is 0 Å². The molecule has 1 amide bonds. The topological polar surface area (TPSA) is 84.6 Å². The molecule has 0 aromatic rings. The second kappa shape index (κ2) is 5.82. The fourth-order valence-corrected chi connectivity index (χ4v) is 1.78. The molecule has 0 spiro atoms. The summed E-state index contributed by atoms with van der Waals surface area (Å²) in [5, 5.41) is 11.0. The van der Waals surface area contributed by atoms with Crippen LogP contribution >= 0.6 is 0 Å². The molecule has 2 unspecified atom stereocenters. The van der Waals surface area contributed by atoms with E-state index in [0.717, 1.165) is 32.5 Å². The number of nitrogens with one attached hydrogen (secondary N) is 1. The molecule has 1 heterocycles. The Kier molecular flexibility index (Phi) is 4.69. The summed E-state index contributed by atoms with van der Waals surface area (Å²) >= 11 is 0. The van der Waals surface area contributed by atoms with Gasteiger partial charge >= 0.3 is 6.09 Å². The van der Waals surface area contributed by atoms with Crippen LogP contribution in [0.2, 0.25) is 0 Å². The maximum absolute atomic E-state index is 10.4. The highest BCUT2D eigenvalue weighted by atomic mass is 16.5. The van der Waals surface area contributed by atoms with Crippen molar-refractivity contribution >= 4 is 6.09 Å². The van der Waals surface area contributed by atoms with Crippen LogP contribution in [-0.2, 0) is 4.74 Å². The largest absolute Gasteiger partial charge is 0.465 e. The first kappa shape index (κ1) is 11.3. The maximum atomic E-state index is 10.4. The third kappa shape index (κ3) is 3.93. The summed E-state index contributed by atoms with van der Waals surface area (Å²) in [6.45, 7) is 1.91. The minimum atomic E-state index is -1.00. The fraction of sp³-hybridized carbons (Fsp3) is 0.889. The first-order valence-corrected chi connectivity index (χ1v) is 4.99. The minimum Gasteiger partial charge on any atom is -0.465 e. The van der Waals surface area contributed by atoms with Crippen LogP contribution in [0.25, 0.3) is 0 Å². The third-order valence-corrected chi connectivity index (χ3v) is 2.48. The predicted molar refractivity (Wildman–Crippen MR) is 52.2 cm³/mol. The summed E-state index contributed by atoms with van der Waals surface area (Å²) in [5.41, 5.74) is 5.47. The van der Waals surface area contributed by atoms with E-state index in [1.165, 1.54) is 0 Å². The van der Waals surface area contributed by atoms with Crippen LogP contribution in [0.15, 0.2) is 0 Å². The molecule has 1 aliphatic heterocycles. The molecule has 4 N–H and O–H groups in total. The standard InChI is InChI=1S/C9H18N2O3/c10-5-8(11-9(12)13)4-7-2-1-3-14-6-7/h7-8,11H,1-6,10H2,(H,12,13). The van der Waals surface area contributed by atoms with Crippen LogP contribution in [0, 0.1) is 5.92 Å². The van der Waals surface area contributed by atoms with Gasteiger partial charge in [0.05, 0.1) is 0 Å². The Morgan fingerprint density at radius 1 is 1.71 bits per heavy atom. The summed E-state index contributed by atoms with van der Waals surface area (Å²) in [6, 6.07) is -0.140. The van der Waals surface area contributed by atoms with Crippen LogP contribution in [0.5, 0.6) is 0 Å². The molecule has 1 aliphatic rings. The van der Waals surface area contributed by atoms with Crippen molar-refractivity contribution in [2.24, 2.45) is 11.7 Å². The van der Waals surface area contributed by atoms with Gasteiger partial charge in [-0.1, -0.05) is 0 Å². The normalized spacial score (nSPS) is 24.2. The Hall–Kier alpha value is -0.810. The lowest BCUT2D eigenvalue weighted by Crippen LogP contribution is -2.41. The third-order valence-electron chi connectivity index (χ3n) is 2.48. The monoisotopic (exact) mass is 202 g/mol. The Labute approximate surface area is 83.6 Å². The van der Waals surface area contributed by atoms with E-state index in [1.807, 2.05) is 0 Å². The lowest BCUT2D eigenvalue weighted by Gasteiger charge is -2.25. The highest BCUT2D eigenvalue weighted by molar-refractivity contribution is 5.64. The number of hydrogen-bond acceptors (Lipinski definition) is 3. The van der Waals surface area contributed by atoms with E-state index in [4.69, 9.17) is 15.6 Å². The van der Waals surface area contributed by atoms with Crippen molar-refractivity contribution in [2.45, 2.75) is 25.3 Å². The Bertz CT molecular complexity index is 181. The van der Waals surface area contributed by atoms with Crippen LogP contribution in [0.1, 0.15) is 19.3 Å². The average Bonchev–Trinajstić information content (AvgIpc) is 2.17. The van der Waals surface area contributed by atoms with Gasteiger partial charge in [-0.25, -0.2) is 4.79 Å². The molecule has 0 aromatic heterocycles. The summed E-state index contributed by atoms with van der Waals surface area (Å²) in [7, 11) is 0. The highest BCUT2D eigenvalue weighted by Gasteiger charge is 2.19. The molecule has 1 saturated heterocycles. The van der Waals surface area contributed by atoms with Gasteiger partial charge in [0.1, 0.15) is 0 Å². The predicted octanol–water partition coefficient (Wildman–Crippen LogP) is 0.398. The second-order valence-electron chi connectivity index (χ2n) is 3.70. The maximum Gasteiger partial charge on any atom is 0.404 e. The molecule has 82 valence electrons. The van der Waals surface area contributed by atoms with Gasteiger partial charge in [0.2, 0.25) is 0 Å². The molecule has 5 nitrogen and oxygen atoms in total. The number of carboxylic acid groups (broad SMARTS) is 1. The van der Waals surface area contributed by atoms with Gasteiger partial charge < -0.3 is 20.9 Å². The van der Waals surface area contributed by atoms with Crippen molar-refractivity contribution in [1.29, 1.82) is 0 Å². The zero-order valence-corrected chi connectivity index (χ0v) is 8.24. The number of ether oxygens (including phenoxy) is 1. The SMILES string of the molecule is NCC(CC1CCCOC1)NC(=O)O. The first-order valence-electron chi connectivity index (χ1n) is 4.99. The zero-order chi connectivity index (χ0) is 10.4. The molecule has 0 saturated carbocycles. The summed E-state index contributed by atoms with van der Waals surface area (Å²) in [6.07, 6.45) is 1.95. The van der Waals surface area contributed by atoms with E-state index >= 15 is 0 Å². The summed E-state index contributed by atoms with van der Waals surface area (Å²) in [4.78, 5) is 10.4. The van der Waals surface area contributed by atoms with Gasteiger partial charge in [0, 0.05) is 25.8 Å². The number of hydrogen-bond donors (Lipinski definition) is 3. The molecule has 1 rings (SSSR count). The van der Waals surface area contributed by atoms with E-state index < -0.39 is 6.09 Å². The van der Waals surface area contributed by atoms with Gasteiger partial charge in [-0.05, 0) is 25.2 Å². The average molecular weight is 202 g/mol. The Morgan fingerprint density at radius 3 is 3.00 bits per heavy atom. The van der Waals surface area contributed by atoms with E-state index in [9.17, 15) is 4.79 Å². The molecular formula is C9H18N2O3. The first-order chi connectivity index (χ1) is 6.72. The van der Waals surface area contributed by atoms with Gasteiger partial charge in [0.25, 0.3) is 0 Å². The number of nitrogens with two attached hydrogens (primary N) is 1. The quantitative estimate of drug-likeness (QED) is 0.616. The van der Waals surface area contributed by atoms with Crippen molar-refractivity contribution in [2.75, 3.05) is 19.8 Å². The second-order valence-corrected chi connectivity index (χ2v) is 3.70. The van der Waals surface area contributed by atoms with Gasteiger partial charge in [0.15, 0.2) is 0 Å². The zero-order valence-electron chi connectivity index (χ0n) is 8.24. The van der Waals surface area contributed by atoms with E-state index in [0.29, 0.717) is 12.5 Å². The van der Waals surface area contributed by atoms with E-state index in [1.54, 1.807) is 0 Å². The van der Waals surface area contributed by atoms with Crippen molar-refractivity contribution in [1.82, 2.24) is 5.32 Å². The smallest absolute Gasteiger partial charge is 0.404 e. The lowest BCUT2D eigenvalue weighted by molar-refractivity contribution is 0.0479. The summed E-state index contributed by atoms with van der Waals surface area (Å²) in [5.74, 6) is 0.448. The van der Waals surface area contributed by atoms with Crippen molar-refractivity contribution in [3.63, 3.8) is 0 Å². The summed E-state index contributed by atoms with van der Waals surface area (Å²) < 4.78 is 5.32. The van der Waals surface area contributed by atoms with Crippen LogP contribution in [-0.4, -0.2) is 37.0 Å². The van der Waals surface area contributed by atoms with E-state index in [2.05, 4.69) is 5.32 Å².